The molecule has 1 rings (SSSR count). The van der Waals surface area contributed by atoms with E-state index in [4.69, 9.17) is 0 Å². The van der Waals surface area contributed by atoms with E-state index in [1.807, 2.05) is 5.38 Å². The lowest BCUT2D eigenvalue weighted by Crippen LogP contribution is -2.37. The zero-order valence-corrected chi connectivity index (χ0v) is 13.2. The molecule has 0 aliphatic rings. The number of thiazole rings is 1. The molecule has 0 spiro atoms. The molecule has 6 heteroatoms. The minimum absolute atomic E-state index is 0.00928. The molecule has 110 valence electrons. The van der Waals surface area contributed by atoms with E-state index in [1.54, 1.807) is 7.05 Å². The van der Waals surface area contributed by atoms with Crippen LogP contribution in [0, 0.1) is 0 Å². The molecule has 0 atom stereocenters. The number of nitrogens with one attached hydrogen (secondary N) is 1. The lowest BCUT2D eigenvalue weighted by atomic mass is 9.93. The molecule has 0 aliphatic carbocycles. The Kier molecular flexibility index (Phi) is 5.44. The van der Waals surface area contributed by atoms with E-state index in [1.165, 1.54) is 22.3 Å². The Balaban J connectivity index is 2.47. The molecule has 0 aromatic carbocycles. The summed E-state index contributed by atoms with van der Waals surface area (Å²) in [5.41, 5.74) is 1.03. The number of hydrogen-bond donors (Lipinski definition) is 1. The van der Waals surface area contributed by atoms with E-state index in [9.17, 15) is 9.59 Å². The molecule has 0 fully saturated rings. The summed E-state index contributed by atoms with van der Waals surface area (Å²) >= 11 is 1.53. The van der Waals surface area contributed by atoms with Gasteiger partial charge in [-0.3, -0.25) is 9.59 Å². The second kappa shape index (κ2) is 6.65. The minimum atomic E-state index is -0.274. The van der Waals surface area contributed by atoms with Crippen molar-refractivity contribution in [3.8, 4) is 0 Å². The van der Waals surface area contributed by atoms with Crippen molar-refractivity contribution in [3.05, 3.63) is 28.7 Å². The summed E-state index contributed by atoms with van der Waals surface area (Å²) in [6, 6.07) is 0. The van der Waals surface area contributed by atoms with Crippen molar-refractivity contribution in [2.24, 2.45) is 0 Å². The number of aromatic nitrogens is 1. The van der Waals surface area contributed by atoms with Crippen LogP contribution in [0.1, 0.15) is 31.5 Å². The molecule has 0 unspecified atom stereocenters. The van der Waals surface area contributed by atoms with Crippen LogP contribution in [0.2, 0.25) is 0 Å². The van der Waals surface area contributed by atoms with E-state index in [0.29, 0.717) is 6.54 Å². The zero-order chi connectivity index (χ0) is 15.3. The summed E-state index contributed by atoms with van der Waals surface area (Å²) in [4.78, 5) is 28.7. The third kappa shape index (κ3) is 4.77. The maximum Gasteiger partial charge on any atom is 0.246 e. The molecular weight excluding hydrogens is 274 g/mol. The highest BCUT2D eigenvalue weighted by molar-refractivity contribution is 7.09. The molecule has 0 aliphatic heterocycles. The first-order valence-electron chi connectivity index (χ1n) is 6.33. The van der Waals surface area contributed by atoms with E-state index in [0.717, 1.165) is 10.7 Å². The van der Waals surface area contributed by atoms with Crippen LogP contribution >= 0.6 is 11.3 Å². The topological polar surface area (TPSA) is 62.3 Å². The van der Waals surface area contributed by atoms with E-state index in [-0.39, 0.29) is 23.8 Å². The highest BCUT2D eigenvalue weighted by Gasteiger charge is 2.17. The van der Waals surface area contributed by atoms with Crippen LogP contribution < -0.4 is 5.32 Å². The molecule has 1 aromatic rings. The predicted molar refractivity (Wildman–Crippen MR) is 80.5 cm³/mol. The largest absolute Gasteiger partial charge is 0.348 e. The van der Waals surface area contributed by atoms with Crippen molar-refractivity contribution in [3.63, 3.8) is 0 Å². The van der Waals surface area contributed by atoms with Crippen molar-refractivity contribution in [2.75, 3.05) is 13.6 Å². The van der Waals surface area contributed by atoms with Gasteiger partial charge in [-0.1, -0.05) is 27.4 Å². The lowest BCUT2D eigenvalue weighted by molar-refractivity contribution is -0.131. The van der Waals surface area contributed by atoms with Gasteiger partial charge in [0.1, 0.15) is 5.01 Å². The van der Waals surface area contributed by atoms with E-state index < -0.39 is 0 Å². The number of hydrogen-bond acceptors (Lipinski definition) is 4. The van der Waals surface area contributed by atoms with Gasteiger partial charge in [-0.2, -0.15) is 0 Å². The van der Waals surface area contributed by atoms with Crippen molar-refractivity contribution in [2.45, 2.75) is 32.7 Å². The van der Waals surface area contributed by atoms with Gasteiger partial charge in [-0.25, -0.2) is 4.98 Å². The molecule has 0 bridgehead atoms. The van der Waals surface area contributed by atoms with Crippen molar-refractivity contribution < 1.29 is 9.59 Å². The summed E-state index contributed by atoms with van der Waals surface area (Å²) in [7, 11) is 1.56. The number of likely N-dealkylation sites (N-methyl/N-ethyl adjacent to an activating group) is 1. The highest BCUT2D eigenvalue weighted by atomic mass is 32.1. The number of amides is 2. The molecule has 0 radical (unpaired) electrons. The number of nitrogens with zero attached hydrogens (tertiary/aromatic N) is 2. The van der Waals surface area contributed by atoms with Crippen molar-refractivity contribution >= 4 is 23.2 Å². The Hall–Kier alpha value is -1.69. The summed E-state index contributed by atoms with van der Waals surface area (Å²) < 4.78 is 0. The van der Waals surface area contributed by atoms with E-state index in [2.05, 4.69) is 37.7 Å². The lowest BCUT2D eigenvalue weighted by Gasteiger charge is -2.15. The van der Waals surface area contributed by atoms with E-state index >= 15 is 0 Å². The van der Waals surface area contributed by atoms with Crippen LogP contribution in [0.5, 0.6) is 0 Å². The Bertz CT molecular complexity index is 503. The first-order valence-corrected chi connectivity index (χ1v) is 7.21. The van der Waals surface area contributed by atoms with Crippen LogP contribution in [-0.2, 0) is 21.5 Å². The number of carbonyl (C=O) groups excluding carboxylic acids is 2. The van der Waals surface area contributed by atoms with Crippen molar-refractivity contribution in [1.29, 1.82) is 0 Å². The number of rotatable bonds is 5. The molecule has 20 heavy (non-hydrogen) atoms. The quantitative estimate of drug-likeness (QED) is 0.841. The normalized spacial score (nSPS) is 11.0. The fraction of sp³-hybridized carbons (Fsp3) is 0.500. The summed E-state index contributed by atoms with van der Waals surface area (Å²) in [5.74, 6) is -0.486. The second-order valence-corrected chi connectivity index (χ2v) is 6.49. The molecule has 0 saturated heterocycles. The smallest absolute Gasteiger partial charge is 0.246 e. The average molecular weight is 295 g/mol. The van der Waals surface area contributed by atoms with Gasteiger partial charge in [-0.15, -0.1) is 11.3 Å². The SMILES string of the molecule is C=CC(=O)N(C)CC(=O)NCc1nc(C(C)(C)C)cs1. The Labute approximate surface area is 123 Å². The monoisotopic (exact) mass is 295 g/mol. The summed E-state index contributed by atoms with van der Waals surface area (Å²) in [5, 5.41) is 5.63. The van der Waals surface area contributed by atoms with Crippen LogP contribution in [0.25, 0.3) is 0 Å². The molecule has 2 amide bonds. The fourth-order valence-electron chi connectivity index (χ4n) is 1.42. The maximum absolute atomic E-state index is 11.7. The molecular formula is C14H21N3O2S. The fourth-order valence-corrected chi connectivity index (χ4v) is 2.38. The Morgan fingerprint density at radius 3 is 2.65 bits per heavy atom. The standard InChI is InChI=1S/C14H21N3O2S/c1-6-13(19)17(5)8-11(18)15-7-12-16-10(9-20-12)14(2,3)4/h6,9H,1,7-8H2,2-5H3,(H,15,18). The summed E-state index contributed by atoms with van der Waals surface area (Å²) in [6.07, 6.45) is 1.18. The second-order valence-electron chi connectivity index (χ2n) is 5.55. The average Bonchev–Trinajstić information content (AvgIpc) is 2.83. The van der Waals surface area contributed by atoms with Gasteiger partial charge >= 0.3 is 0 Å². The third-order valence-electron chi connectivity index (χ3n) is 2.69. The Morgan fingerprint density at radius 1 is 1.50 bits per heavy atom. The van der Waals surface area contributed by atoms with Crippen LogP contribution in [0.3, 0.4) is 0 Å². The highest BCUT2D eigenvalue weighted by Crippen LogP contribution is 2.23. The minimum Gasteiger partial charge on any atom is -0.348 e. The first-order chi connectivity index (χ1) is 9.24. The van der Waals surface area contributed by atoms with Gasteiger partial charge in [0.15, 0.2) is 0 Å². The zero-order valence-electron chi connectivity index (χ0n) is 12.4. The number of carbonyl (C=O) groups is 2. The van der Waals surface area contributed by atoms with Crippen molar-refractivity contribution in [1.82, 2.24) is 15.2 Å². The maximum atomic E-state index is 11.7. The molecule has 5 nitrogen and oxygen atoms in total. The molecule has 0 saturated carbocycles. The van der Waals surface area contributed by atoms with Crippen LogP contribution in [0.4, 0.5) is 0 Å². The Morgan fingerprint density at radius 2 is 2.15 bits per heavy atom. The molecule has 1 aromatic heterocycles. The van der Waals surface area contributed by atoms with Crippen LogP contribution in [0.15, 0.2) is 18.0 Å². The molecule has 1 N–H and O–H groups in total. The molecule has 1 heterocycles. The predicted octanol–water partition coefficient (Wildman–Crippen LogP) is 1.70. The van der Waals surface area contributed by atoms with Gasteiger partial charge in [0, 0.05) is 17.8 Å². The third-order valence-corrected chi connectivity index (χ3v) is 3.54. The van der Waals surface area contributed by atoms with Crippen LogP contribution in [-0.4, -0.2) is 35.3 Å². The van der Waals surface area contributed by atoms with Gasteiger partial charge < -0.3 is 10.2 Å². The van der Waals surface area contributed by atoms with Gasteiger partial charge in [-0.05, 0) is 6.08 Å². The van der Waals surface area contributed by atoms with Gasteiger partial charge in [0.05, 0.1) is 18.8 Å². The first kappa shape index (κ1) is 16.4. The summed E-state index contributed by atoms with van der Waals surface area (Å²) in [6.45, 7) is 10.1. The van der Waals surface area contributed by atoms with Gasteiger partial charge in [0.2, 0.25) is 11.8 Å². The van der Waals surface area contributed by atoms with Gasteiger partial charge in [0.25, 0.3) is 0 Å².